The zero-order chi connectivity index (χ0) is 15.2. The van der Waals surface area contributed by atoms with Crippen molar-refractivity contribution in [2.24, 2.45) is 0 Å². The lowest BCUT2D eigenvalue weighted by Crippen LogP contribution is -2.47. The summed E-state index contributed by atoms with van der Waals surface area (Å²) in [6.45, 7) is 6.00. The van der Waals surface area contributed by atoms with Gasteiger partial charge in [0.1, 0.15) is 11.3 Å². The van der Waals surface area contributed by atoms with E-state index in [2.05, 4.69) is 10.6 Å². The Morgan fingerprint density at radius 2 is 1.90 bits per heavy atom. The molecular weight excluding hydrogens is 259 g/mol. The monoisotopic (exact) mass is 288 g/mol. The fourth-order valence-corrected chi connectivity index (χ4v) is 2.73. The molecule has 1 atom stereocenters. The molecule has 0 aromatic heterocycles. The third-order valence-electron chi connectivity index (χ3n) is 3.53. The van der Waals surface area contributed by atoms with Gasteiger partial charge in [0, 0.05) is 19.0 Å². The van der Waals surface area contributed by atoms with Crippen LogP contribution in [0.15, 0.2) is 0 Å². The van der Waals surface area contributed by atoms with Gasteiger partial charge in [-0.05, 0) is 40.7 Å². The van der Waals surface area contributed by atoms with Crippen LogP contribution in [0.2, 0.25) is 0 Å². The number of carbonyl (C=O) groups is 1. The number of likely N-dealkylation sites (N-methyl/N-ethyl adjacent to an activating group) is 1. The molecule has 0 heterocycles. The highest BCUT2D eigenvalue weighted by atomic mass is 19.1. The average Bonchev–Trinajstić information content (AvgIpc) is 2.26. The highest BCUT2D eigenvalue weighted by Crippen LogP contribution is 2.35. The zero-order valence-electron chi connectivity index (χ0n) is 13.2. The molecule has 1 saturated carbocycles. The first-order valence-electron chi connectivity index (χ1n) is 7.57. The van der Waals surface area contributed by atoms with Gasteiger partial charge in [0.25, 0.3) is 0 Å². The Bertz CT molecular complexity index is 309. The van der Waals surface area contributed by atoms with Crippen molar-refractivity contribution in [1.82, 2.24) is 10.6 Å². The molecule has 0 saturated heterocycles. The maximum absolute atomic E-state index is 14.7. The van der Waals surface area contributed by atoms with E-state index in [1.54, 1.807) is 7.05 Å². The maximum Gasteiger partial charge on any atom is 0.407 e. The maximum atomic E-state index is 14.7. The van der Waals surface area contributed by atoms with Gasteiger partial charge in [-0.3, -0.25) is 0 Å². The average molecular weight is 288 g/mol. The molecule has 20 heavy (non-hydrogen) atoms. The molecular formula is C15H29FN2O2. The van der Waals surface area contributed by atoms with Crippen LogP contribution in [0, 0.1) is 0 Å². The molecule has 4 nitrogen and oxygen atoms in total. The Labute approximate surface area is 121 Å². The molecule has 1 unspecified atom stereocenters. The van der Waals surface area contributed by atoms with Gasteiger partial charge in [-0.2, -0.15) is 0 Å². The van der Waals surface area contributed by atoms with Crippen molar-refractivity contribution in [2.75, 3.05) is 13.6 Å². The summed E-state index contributed by atoms with van der Waals surface area (Å²) < 4.78 is 20.0. The van der Waals surface area contributed by atoms with E-state index < -0.39 is 17.4 Å². The van der Waals surface area contributed by atoms with Gasteiger partial charge in [0.2, 0.25) is 0 Å². The second-order valence-electron chi connectivity index (χ2n) is 6.82. The van der Waals surface area contributed by atoms with Gasteiger partial charge >= 0.3 is 6.09 Å². The molecule has 0 radical (unpaired) electrons. The van der Waals surface area contributed by atoms with Gasteiger partial charge in [0.05, 0.1) is 0 Å². The minimum absolute atomic E-state index is 0.238. The van der Waals surface area contributed by atoms with Crippen LogP contribution in [-0.2, 0) is 4.74 Å². The lowest BCUT2D eigenvalue weighted by atomic mass is 9.82. The van der Waals surface area contributed by atoms with Crippen molar-refractivity contribution in [2.45, 2.75) is 76.6 Å². The Hall–Kier alpha value is -0.840. The van der Waals surface area contributed by atoms with Gasteiger partial charge in [0.15, 0.2) is 0 Å². The summed E-state index contributed by atoms with van der Waals surface area (Å²) in [7, 11) is 1.80. The van der Waals surface area contributed by atoms with Gasteiger partial charge < -0.3 is 15.4 Å². The van der Waals surface area contributed by atoms with Gasteiger partial charge in [-0.1, -0.05) is 19.3 Å². The third-order valence-corrected chi connectivity index (χ3v) is 3.53. The summed E-state index contributed by atoms with van der Waals surface area (Å²) in [6.07, 6.45) is 4.07. The molecule has 1 rings (SSSR count). The van der Waals surface area contributed by atoms with E-state index in [-0.39, 0.29) is 6.04 Å². The molecule has 1 fully saturated rings. The van der Waals surface area contributed by atoms with Crippen LogP contribution in [0.3, 0.4) is 0 Å². The van der Waals surface area contributed by atoms with E-state index >= 15 is 0 Å². The van der Waals surface area contributed by atoms with Crippen LogP contribution in [0.4, 0.5) is 9.18 Å². The SMILES string of the molecule is CNCC(CC1(F)CCCCC1)NC(=O)OC(C)(C)C. The number of alkyl halides is 1. The lowest BCUT2D eigenvalue weighted by Gasteiger charge is -2.33. The summed E-state index contributed by atoms with van der Waals surface area (Å²) in [5, 5.41) is 5.79. The van der Waals surface area contributed by atoms with Crippen LogP contribution in [0.1, 0.15) is 59.3 Å². The van der Waals surface area contributed by atoms with Crippen LogP contribution in [0.5, 0.6) is 0 Å². The number of halogens is 1. The van der Waals surface area contributed by atoms with Crippen molar-refractivity contribution in [3.63, 3.8) is 0 Å². The lowest BCUT2D eigenvalue weighted by molar-refractivity contribution is 0.0440. The highest BCUT2D eigenvalue weighted by Gasteiger charge is 2.35. The number of carbonyl (C=O) groups excluding carboxylic acids is 1. The van der Waals surface area contributed by atoms with Crippen molar-refractivity contribution in [1.29, 1.82) is 0 Å². The van der Waals surface area contributed by atoms with E-state index in [0.29, 0.717) is 25.8 Å². The van der Waals surface area contributed by atoms with E-state index in [4.69, 9.17) is 4.74 Å². The smallest absolute Gasteiger partial charge is 0.407 e. The first-order chi connectivity index (χ1) is 9.24. The van der Waals surface area contributed by atoms with Crippen molar-refractivity contribution in [3.8, 4) is 0 Å². The van der Waals surface area contributed by atoms with Crippen LogP contribution >= 0.6 is 0 Å². The molecule has 0 aliphatic heterocycles. The number of rotatable bonds is 5. The Kier molecular flexibility index (Phi) is 6.24. The summed E-state index contributed by atoms with van der Waals surface area (Å²) >= 11 is 0. The van der Waals surface area contributed by atoms with E-state index in [9.17, 15) is 9.18 Å². The predicted molar refractivity (Wildman–Crippen MR) is 78.6 cm³/mol. The quantitative estimate of drug-likeness (QED) is 0.817. The number of hydrogen-bond acceptors (Lipinski definition) is 3. The minimum atomic E-state index is -1.14. The number of hydrogen-bond donors (Lipinski definition) is 2. The molecule has 1 aliphatic carbocycles. The first-order valence-corrected chi connectivity index (χ1v) is 7.57. The predicted octanol–water partition coefficient (Wildman–Crippen LogP) is 3.16. The number of ether oxygens (including phenoxy) is 1. The van der Waals surface area contributed by atoms with E-state index in [1.165, 1.54) is 0 Å². The molecule has 5 heteroatoms. The summed E-state index contributed by atoms with van der Waals surface area (Å²) in [5.74, 6) is 0. The molecule has 2 N–H and O–H groups in total. The summed E-state index contributed by atoms with van der Waals surface area (Å²) in [4.78, 5) is 11.8. The molecule has 118 valence electrons. The fraction of sp³-hybridized carbons (Fsp3) is 0.933. The molecule has 0 spiro atoms. The standard InChI is InChI=1S/C15H29FN2O2/c1-14(2,3)20-13(19)18-12(11-17-4)10-15(16)8-6-5-7-9-15/h12,17H,5-11H2,1-4H3,(H,18,19). The Morgan fingerprint density at radius 1 is 1.30 bits per heavy atom. The van der Waals surface area contributed by atoms with E-state index in [1.807, 2.05) is 20.8 Å². The molecule has 0 bridgehead atoms. The summed E-state index contributed by atoms with van der Waals surface area (Å²) in [6, 6.07) is -0.238. The normalized spacial score (nSPS) is 20.2. The van der Waals surface area contributed by atoms with Crippen molar-refractivity contribution in [3.05, 3.63) is 0 Å². The molecule has 0 aromatic carbocycles. The van der Waals surface area contributed by atoms with Crippen LogP contribution in [-0.4, -0.2) is 37.0 Å². The second-order valence-corrected chi connectivity index (χ2v) is 6.82. The van der Waals surface area contributed by atoms with Gasteiger partial charge in [-0.15, -0.1) is 0 Å². The molecule has 0 aromatic rings. The molecule has 1 aliphatic rings. The number of alkyl carbamates (subject to hydrolysis) is 1. The van der Waals surface area contributed by atoms with Crippen molar-refractivity contribution < 1.29 is 13.9 Å². The Balaban J connectivity index is 2.53. The fourth-order valence-electron chi connectivity index (χ4n) is 2.73. The van der Waals surface area contributed by atoms with E-state index in [0.717, 1.165) is 19.3 Å². The van der Waals surface area contributed by atoms with Crippen LogP contribution in [0.25, 0.3) is 0 Å². The summed E-state index contributed by atoms with van der Waals surface area (Å²) in [5.41, 5.74) is -1.68. The minimum Gasteiger partial charge on any atom is -0.444 e. The number of amides is 1. The Morgan fingerprint density at radius 3 is 2.40 bits per heavy atom. The van der Waals surface area contributed by atoms with Gasteiger partial charge in [-0.25, -0.2) is 9.18 Å². The van der Waals surface area contributed by atoms with Crippen LogP contribution < -0.4 is 10.6 Å². The third kappa shape index (κ3) is 6.55. The zero-order valence-corrected chi connectivity index (χ0v) is 13.2. The highest BCUT2D eigenvalue weighted by molar-refractivity contribution is 5.68. The first kappa shape index (κ1) is 17.2. The van der Waals surface area contributed by atoms with Crippen molar-refractivity contribution >= 4 is 6.09 Å². The topological polar surface area (TPSA) is 50.4 Å². The largest absolute Gasteiger partial charge is 0.444 e. The second kappa shape index (κ2) is 7.25. The number of nitrogens with one attached hydrogen (secondary N) is 2. The molecule has 1 amide bonds.